The lowest BCUT2D eigenvalue weighted by atomic mass is 10.2. The van der Waals surface area contributed by atoms with Gasteiger partial charge in [-0.05, 0) is 13.8 Å². The SMILES string of the molecule is COCCNCc1cnc(N2CC(C)OC(C)C2)nc1. The summed E-state index contributed by atoms with van der Waals surface area (Å²) in [6, 6.07) is 0. The molecule has 1 aliphatic heterocycles. The highest BCUT2D eigenvalue weighted by molar-refractivity contribution is 5.31. The Morgan fingerprint density at radius 2 is 1.95 bits per heavy atom. The molecule has 0 bridgehead atoms. The smallest absolute Gasteiger partial charge is 0.225 e. The van der Waals surface area contributed by atoms with E-state index >= 15 is 0 Å². The van der Waals surface area contributed by atoms with Gasteiger partial charge in [0, 0.05) is 51.2 Å². The third-order valence-electron chi connectivity index (χ3n) is 3.21. The molecular formula is C14H24N4O2. The van der Waals surface area contributed by atoms with Gasteiger partial charge in [0.05, 0.1) is 18.8 Å². The maximum absolute atomic E-state index is 5.72. The highest BCUT2D eigenvalue weighted by Gasteiger charge is 2.23. The molecule has 0 radical (unpaired) electrons. The Kier molecular flexibility index (Phi) is 5.70. The van der Waals surface area contributed by atoms with E-state index in [-0.39, 0.29) is 12.2 Å². The summed E-state index contributed by atoms with van der Waals surface area (Å²) >= 11 is 0. The van der Waals surface area contributed by atoms with Gasteiger partial charge in [-0.25, -0.2) is 9.97 Å². The first-order valence-corrected chi connectivity index (χ1v) is 7.10. The molecule has 0 aliphatic carbocycles. The zero-order valence-corrected chi connectivity index (χ0v) is 12.5. The molecule has 0 amide bonds. The molecule has 1 aliphatic rings. The van der Waals surface area contributed by atoms with E-state index in [2.05, 4.69) is 34.0 Å². The van der Waals surface area contributed by atoms with E-state index in [4.69, 9.17) is 9.47 Å². The molecule has 6 nitrogen and oxygen atoms in total. The number of methoxy groups -OCH3 is 1. The molecule has 0 spiro atoms. The number of hydrogen-bond acceptors (Lipinski definition) is 6. The largest absolute Gasteiger partial charge is 0.383 e. The van der Waals surface area contributed by atoms with Gasteiger partial charge in [-0.15, -0.1) is 0 Å². The normalized spacial score (nSPS) is 23.1. The predicted octanol–water partition coefficient (Wildman–Crippen LogP) is 0.826. The topological polar surface area (TPSA) is 59.5 Å². The molecule has 2 unspecified atom stereocenters. The summed E-state index contributed by atoms with van der Waals surface area (Å²) in [6.07, 6.45) is 4.20. The van der Waals surface area contributed by atoms with E-state index in [1.807, 2.05) is 12.4 Å². The van der Waals surface area contributed by atoms with Crippen molar-refractivity contribution in [3.63, 3.8) is 0 Å². The van der Waals surface area contributed by atoms with Crippen molar-refractivity contribution in [2.45, 2.75) is 32.6 Å². The van der Waals surface area contributed by atoms with Crippen LogP contribution in [0.3, 0.4) is 0 Å². The molecule has 6 heteroatoms. The van der Waals surface area contributed by atoms with Crippen molar-refractivity contribution in [1.82, 2.24) is 15.3 Å². The number of ether oxygens (including phenoxy) is 2. The Labute approximate surface area is 120 Å². The lowest BCUT2D eigenvalue weighted by molar-refractivity contribution is -0.00572. The fourth-order valence-electron chi connectivity index (χ4n) is 2.35. The molecule has 1 fully saturated rings. The van der Waals surface area contributed by atoms with E-state index in [0.29, 0.717) is 6.61 Å². The average Bonchev–Trinajstić information content (AvgIpc) is 2.43. The van der Waals surface area contributed by atoms with Crippen LogP contribution >= 0.6 is 0 Å². The number of aromatic nitrogens is 2. The zero-order valence-electron chi connectivity index (χ0n) is 12.5. The first-order chi connectivity index (χ1) is 9.69. The van der Waals surface area contributed by atoms with Crippen LogP contribution in [0.4, 0.5) is 5.95 Å². The molecule has 0 aromatic carbocycles. The van der Waals surface area contributed by atoms with Gasteiger partial charge < -0.3 is 19.7 Å². The van der Waals surface area contributed by atoms with Crippen LogP contribution in [0.5, 0.6) is 0 Å². The van der Waals surface area contributed by atoms with Crippen LogP contribution in [0, 0.1) is 0 Å². The molecule has 2 rings (SSSR count). The van der Waals surface area contributed by atoms with Crippen LogP contribution in [-0.4, -0.2) is 55.5 Å². The van der Waals surface area contributed by atoms with Gasteiger partial charge in [0.1, 0.15) is 0 Å². The van der Waals surface area contributed by atoms with Crippen LogP contribution < -0.4 is 10.2 Å². The number of hydrogen-bond donors (Lipinski definition) is 1. The van der Waals surface area contributed by atoms with Crippen molar-refractivity contribution in [3.05, 3.63) is 18.0 Å². The Bertz CT molecular complexity index is 389. The number of nitrogens with zero attached hydrogens (tertiary/aromatic N) is 3. The lowest BCUT2D eigenvalue weighted by Crippen LogP contribution is -2.46. The van der Waals surface area contributed by atoms with Crippen LogP contribution in [0.15, 0.2) is 12.4 Å². The number of nitrogens with one attached hydrogen (secondary N) is 1. The third-order valence-corrected chi connectivity index (χ3v) is 3.21. The van der Waals surface area contributed by atoms with Gasteiger partial charge in [-0.1, -0.05) is 0 Å². The number of anilines is 1. The van der Waals surface area contributed by atoms with Crippen molar-refractivity contribution >= 4 is 5.95 Å². The Morgan fingerprint density at radius 3 is 2.55 bits per heavy atom. The highest BCUT2D eigenvalue weighted by Crippen LogP contribution is 2.16. The van der Waals surface area contributed by atoms with E-state index in [1.54, 1.807) is 7.11 Å². The average molecular weight is 280 g/mol. The Hall–Kier alpha value is -1.24. The number of morpholine rings is 1. The van der Waals surface area contributed by atoms with Crippen molar-refractivity contribution in [2.75, 3.05) is 38.3 Å². The maximum atomic E-state index is 5.72. The van der Waals surface area contributed by atoms with E-state index in [0.717, 1.165) is 37.7 Å². The molecule has 1 aromatic rings. The van der Waals surface area contributed by atoms with Crippen molar-refractivity contribution < 1.29 is 9.47 Å². The summed E-state index contributed by atoms with van der Waals surface area (Å²) in [5.74, 6) is 0.785. The summed E-state index contributed by atoms with van der Waals surface area (Å²) in [4.78, 5) is 11.1. The van der Waals surface area contributed by atoms with Gasteiger partial charge >= 0.3 is 0 Å². The summed E-state index contributed by atoms with van der Waals surface area (Å²) in [5, 5.41) is 3.28. The van der Waals surface area contributed by atoms with Crippen LogP contribution in [0.25, 0.3) is 0 Å². The molecule has 2 heterocycles. The van der Waals surface area contributed by atoms with Crippen molar-refractivity contribution in [2.24, 2.45) is 0 Å². The van der Waals surface area contributed by atoms with Gasteiger partial charge in [0.2, 0.25) is 5.95 Å². The van der Waals surface area contributed by atoms with Crippen molar-refractivity contribution in [1.29, 1.82) is 0 Å². The molecule has 0 saturated carbocycles. The van der Waals surface area contributed by atoms with Crippen LogP contribution in [0.1, 0.15) is 19.4 Å². The Balaban J connectivity index is 1.87. The molecular weight excluding hydrogens is 256 g/mol. The molecule has 2 atom stereocenters. The first-order valence-electron chi connectivity index (χ1n) is 7.10. The minimum atomic E-state index is 0.220. The van der Waals surface area contributed by atoms with E-state index in [9.17, 15) is 0 Å². The first kappa shape index (κ1) is 15.2. The standard InChI is InChI=1S/C14H24N4O2/c1-11-9-18(10-12(2)20-11)14-16-7-13(8-17-14)6-15-4-5-19-3/h7-8,11-12,15H,4-6,9-10H2,1-3H3. The third kappa shape index (κ3) is 4.40. The molecule has 1 N–H and O–H groups in total. The molecule has 1 aromatic heterocycles. The molecule has 20 heavy (non-hydrogen) atoms. The minimum absolute atomic E-state index is 0.220. The molecule has 1 saturated heterocycles. The Morgan fingerprint density at radius 1 is 1.30 bits per heavy atom. The maximum Gasteiger partial charge on any atom is 0.225 e. The molecule has 112 valence electrons. The lowest BCUT2D eigenvalue weighted by Gasteiger charge is -2.35. The zero-order chi connectivity index (χ0) is 14.4. The highest BCUT2D eigenvalue weighted by atomic mass is 16.5. The summed E-state index contributed by atoms with van der Waals surface area (Å²) in [7, 11) is 1.70. The predicted molar refractivity (Wildman–Crippen MR) is 77.8 cm³/mol. The summed E-state index contributed by atoms with van der Waals surface area (Å²) < 4.78 is 10.7. The quantitative estimate of drug-likeness (QED) is 0.779. The minimum Gasteiger partial charge on any atom is -0.383 e. The fourth-order valence-corrected chi connectivity index (χ4v) is 2.35. The fraction of sp³-hybridized carbons (Fsp3) is 0.714. The van der Waals surface area contributed by atoms with E-state index in [1.165, 1.54) is 0 Å². The van der Waals surface area contributed by atoms with Crippen molar-refractivity contribution in [3.8, 4) is 0 Å². The second-order valence-corrected chi connectivity index (χ2v) is 5.22. The number of rotatable bonds is 6. The van der Waals surface area contributed by atoms with Gasteiger partial charge in [0.15, 0.2) is 0 Å². The second-order valence-electron chi connectivity index (χ2n) is 5.22. The van der Waals surface area contributed by atoms with Gasteiger partial charge in [-0.2, -0.15) is 0 Å². The van der Waals surface area contributed by atoms with Gasteiger partial charge in [0.25, 0.3) is 0 Å². The van der Waals surface area contributed by atoms with E-state index < -0.39 is 0 Å². The summed E-state index contributed by atoms with van der Waals surface area (Å²) in [6.45, 7) is 8.15. The van der Waals surface area contributed by atoms with Crippen LogP contribution in [0.2, 0.25) is 0 Å². The monoisotopic (exact) mass is 280 g/mol. The van der Waals surface area contributed by atoms with Crippen LogP contribution in [-0.2, 0) is 16.0 Å². The van der Waals surface area contributed by atoms with Gasteiger partial charge in [-0.3, -0.25) is 0 Å². The summed E-state index contributed by atoms with van der Waals surface area (Å²) in [5.41, 5.74) is 1.08. The second kappa shape index (κ2) is 7.52.